The molecule has 3 aromatic rings. The monoisotopic (exact) mass is 524 g/mol. The van der Waals surface area contributed by atoms with Gasteiger partial charge in [0, 0.05) is 35.8 Å². The van der Waals surface area contributed by atoms with Gasteiger partial charge in [0.2, 0.25) is 0 Å². The molecule has 1 fully saturated rings. The number of rotatable bonds is 7. The molecule has 0 spiro atoms. The Balaban J connectivity index is 1.41. The molecule has 4 rings (SSSR count). The van der Waals surface area contributed by atoms with E-state index in [0.29, 0.717) is 77.3 Å². The first kappa shape index (κ1) is 26.9. The molecular weight excluding hydrogens is 495 g/mol. The number of aryl methyl sites for hydroxylation is 1. The van der Waals surface area contributed by atoms with Crippen LogP contribution in [-0.2, 0) is 4.79 Å². The van der Waals surface area contributed by atoms with E-state index in [1.807, 2.05) is 0 Å². The number of carbonyl (C=O) groups is 1. The van der Waals surface area contributed by atoms with Crippen LogP contribution in [0.1, 0.15) is 48.5 Å². The summed E-state index contributed by atoms with van der Waals surface area (Å²) in [5.74, 6) is 5.54. The number of aliphatic hydroxyl groups is 1. The zero-order chi connectivity index (χ0) is 26.6. The number of hydrogen-bond acceptors (Lipinski definition) is 5. The lowest BCUT2D eigenvalue weighted by molar-refractivity contribution is -0.153. The molecule has 2 N–H and O–H groups in total. The van der Waals surface area contributed by atoms with E-state index in [2.05, 4.69) is 21.7 Å². The molecule has 1 aliphatic rings. The molecule has 1 atom stereocenters. The highest BCUT2D eigenvalue weighted by Gasteiger charge is 2.41. The number of carboxylic acids is 1. The molecule has 37 heavy (non-hydrogen) atoms. The smallest absolute Gasteiger partial charge is 0.309 e. The highest BCUT2D eigenvalue weighted by Crippen LogP contribution is 2.41. The maximum absolute atomic E-state index is 13.7. The number of pyridine rings is 1. The van der Waals surface area contributed by atoms with Crippen molar-refractivity contribution in [3.63, 3.8) is 0 Å². The second-order valence-corrected chi connectivity index (χ2v) is 9.99. The van der Waals surface area contributed by atoms with Gasteiger partial charge < -0.3 is 14.9 Å². The van der Waals surface area contributed by atoms with Crippen molar-refractivity contribution in [2.45, 2.75) is 38.7 Å². The molecule has 0 saturated carbocycles. The Morgan fingerprint density at radius 3 is 2.70 bits per heavy atom. The maximum Gasteiger partial charge on any atom is 0.309 e. The zero-order valence-corrected chi connectivity index (χ0v) is 21.7. The maximum atomic E-state index is 13.7. The van der Waals surface area contributed by atoms with Crippen LogP contribution in [0.4, 0.5) is 4.39 Å². The fourth-order valence-electron chi connectivity index (χ4n) is 4.82. The summed E-state index contributed by atoms with van der Waals surface area (Å²) in [4.78, 5) is 18.8. The van der Waals surface area contributed by atoms with Gasteiger partial charge in [0.1, 0.15) is 11.6 Å². The predicted octanol–water partition coefficient (Wildman–Crippen LogP) is 5.38. The number of fused-ring (bicyclic) bond motifs is 1. The van der Waals surface area contributed by atoms with Crippen LogP contribution in [-0.4, -0.2) is 52.8 Å². The van der Waals surface area contributed by atoms with E-state index in [1.165, 1.54) is 12.3 Å². The Hall–Kier alpha value is -3.18. The van der Waals surface area contributed by atoms with E-state index >= 15 is 0 Å². The van der Waals surface area contributed by atoms with Gasteiger partial charge in [-0.3, -0.25) is 14.7 Å². The van der Waals surface area contributed by atoms with Gasteiger partial charge in [0.15, 0.2) is 0 Å². The molecule has 194 valence electrons. The Morgan fingerprint density at radius 1 is 1.27 bits per heavy atom. The zero-order valence-electron chi connectivity index (χ0n) is 20.9. The highest BCUT2D eigenvalue weighted by atomic mass is 35.5. The molecule has 0 aliphatic carbocycles. The largest absolute Gasteiger partial charge is 0.497 e. The summed E-state index contributed by atoms with van der Waals surface area (Å²) in [6.07, 6.45) is 2.03. The van der Waals surface area contributed by atoms with E-state index in [4.69, 9.17) is 16.3 Å². The molecule has 2 heterocycles. The summed E-state index contributed by atoms with van der Waals surface area (Å²) in [6.45, 7) is 3.35. The van der Waals surface area contributed by atoms with Crippen LogP contribution in [0.25, 0.3) is 10.9 Å². The fraction of sp³-hybridized carbons (Fsp3) is 0.379. The number of hydrogen-bond donors (Lipinski definition) is 2. The van der Waals surface area contributed by atoms with Gasteiger partial charge in [0.25, 0.3) is 0 Å². The Bertz CT molecular complexity index is 1360. The molecule has 6 nitrogen and oxygen atoms in total. The number of likely N-dealkylation sites (tertiary alicyclic amines) is 1. The molecule has 0 bridgehead atoms. The molecule has 8 heteroatoms. The lowest BCUT2D eigenvalue weighted by atomic mass is 9.74. The first-order chi connectivity index (χ1) is 17.7. The summed E-state index contributed by atoms with van der Waals surface area (Å²) in [5, 5.41) is 22.2. The van der Waals surface area contributed by atoms with E-state index in [1.54, 1.807) is 44.4 Å². The lowest BCUT2D eigenvalue weighted by Crippen LogP contribution is -2.44. The van der Waals surface area contributed by atoms with Crippen LogP contribution in [0.15, 0.2) is 42.6 Å². The number of ether oxygens (including phenoxy) is 1. The molecule has 2 aromatic carbocycles. The van der Waals surface area contributed by atoms with Gasteiger partial charge in [0.05, 0.1) is 35.7 Å². The van der Waals surface area contributed by atoms with Gasteiger partial charge in [-0.2, -0.15) is 0 Å². The van der Waals surface area contributed by atoms with Crippen molar-refractivity contribution in [3.05, 3.63) is 70.1 Å². The van der Waals surface area contributed by atoms with Gasteiger partial charge in [-0.15, -0.1) is 0 Å². The summed E-state index contributed by atoms with van der Waals surface area (Å²) in [7, 11) is 1.56. The third-order valence-corrected chi connectivity index (χ3v) is 7.57. The van der Waals surface area contributed by atoms with Gasteiger partial charge in [-0.1, -0.05) is 29.5 Å². The normalized spacial score (nSPS) is 16.1. The van der Waals surface area contributed by atoms with Crippen LogP contribution in [0.2, 0.25) is 5.02 Å². The summed E-state index contributed by atoms with van der Waals surface area (Å²) in [6, 6.07) is 10.3. The quantitative estimate of drug-likeness (QED) is 0.404. The van der Waals surface area contributed by atoms with Crippen LogP contribution >= 0.6 is 11.6 Å². The first-order valence-corrected chi connectivity index (χ1v) is 12.6. The van der Waals surface area contributed by atoms with Crippen LogP contribution in [0.5, 0.6) is 5.75 Å². The number of carboxylic acid groups (broad SMARTS) is 1. The van der Waals surface area contributed by atoms with Crippen LogP contribution < -0.4 is 4.74 Å². The third-order valence-electron chi connectivity index (χ3n) is 7.27. The molecule has 1 aromatic heterocycles. The van der Waals surface area contributed by atoms with Crippen molar-refractivity contribution in [2.24, 2.45) is 5.41 Å². The molecule has 0 unspecified atom stereocenters. The third kappa shape index (κ3) is 6.04. The lowest BCUT2D eigenvalue weighted by Gasteiger charge is -2.38. The van der Waals surface area contributed by atoms with E-state index in [9.17, 15) is 19.4 Å². The van der Waals surface area contributed by atoms with E-state index in [0.717, 1.165) is 0 Å². The first-order valence-electron chi connectivity index (χ1n) is 12.2. The molecular formula is C29H30ClFN2O4. The highest BCUT2D eigenvalue weighted by molar-refractivity contribution is 6.32. The van der Waals surface area contributed by atoms with Crippen molar-refractivity contribution in [3.8, 4) is 17.6 Å². The number of aliphatic carboxylic acids is 1. The number of aromatic nitrogens is 1. The van der Waals surface area contributed by atoms with Crippen LogP contribution in [0.3, 0.4) is 0 Å². The Labute approximate surface area is 221 Å². The van der Waals surface area contributed by atoms with E-state index in [-0.39, 0.29) is 12.2 Å². The molecule has 0 radical (unpaired) electrons. The fourth-order valence-corrected chi connectivity index (χ4v) is 5.10. The van der Waals surface area contributed by atoms with Crippen molar-refractivity contribution in [1.82, 2.24) is 9.88 Å². The van der Waals surface area contributed by atoms with E-state index < -0.39 is 17.5 Å². The van der Waals surface area contributed by atoms with Gasteiger partial charge in [-0.25, -0.2) is 4.39 Å². The number of benzene rings is 2. The topological polar surface area (TPSA) is 82.9 Å². The van der Waals surface area contributed by atoms with Gasteiger partial charge >= 0.3 is 5.97 Å². The predicted molar refractivity (Wildman–Crippen MR) is 141 cm³/mol. The number of piperidine rings is 1. The minimum atomic E-state index is -0.944. The van der Waals surface area contributed by atoms with Crippen molar-refractivity contribution < 1.29 is 24.1 Å². The van der Waals surface area contributed by atoms with Crippen molar-refractivity contribution in [2.75, 3.05) is 26.7 Å². The molecule has 1 aliphatic heterocycles. The molecule has 0 amide bonds. The summed E-state index contributed by atoms with van der Waals surface area (Å²) < 4.78 is 19.0. The Kier molecular flexibility index (Phi) is 8.33. The number of halogens is 2. The second kappa shape index (κ2) is 11.5. The average Bonchev–Trinajstić information content (AvgIpc) is 2.89. The second-order valence-electron chi connectivity index (χ2n) is 9.58. The number of aliphatic hydroxyl groups excluding tert-OH is 1. The standard InChI is InChI=1S/C29H30ClFN2O4/c1-19-5-6-20(16-24(19)31)4-3-13-33-14-11-29(12-15-33,28(35)36)10-9-26(34)27-22-17-21(37-2)7-8-25(22)32-18-23(27)30/h5-8,16-18,26,34H,9-15H2,1-2H3,(H,35,36)/t26-/m1/s1. The van der Waals surface area contributed by atoms with Crippen LogP contribution in [0, 0.1) is 30.0 Å². The Morgan fingerprint density at radius 2 is 2.03 bits per heavy atom. The van der Waals surface area contributed by atoms with Crippen molar-refractivity contribution >= 4 is 28.5 Å². The number of methoxy groups -OCH3 is 1. The molecule has 1 saturated heterocycles. The minimum Gasteiger partial charge on any atom is -0.497 e. The van der Waals surface area contributed by atoms with Crippen molar-refractivity contribution in [1.29, 1.82) is 0 Å². The van der Waals surface area contributed by atoms with Gasteiger partial charge in [-0.05, 0) is 68.5 Å². The SMILES string of the molecule is COc1ccc2ncc(Cl)c([C@H](O)CCC3(C(=O)O)CCN(CC#Cc4ccc(C)c(F)c4)CC3)c2c1. The summed E-state index contributed by atoms with van der Waals surface area (Å²) in [5.41, 5.74) is 1.48. The average molecular weight is 525 g/mol. The summed E-state index contributed by atoms with van der Waals surface area (Å²) >= 11 is 6.42. The number of nitrogens with zero attached hydrogens (tertiary/aromatic N) is 2. The minimum absolute atomic E-state index is 0.251.